The molecule has 0 aromatic carbocycles. The Labute approximate surface area is 125 Å². The molecule has 0 spiro atoms. The molecule has 2 atom stereocenters. The first-order chi connectivity index (χ1) is 10.0. The van der Waals surface area contributed by atoms with Gasteiger partial charge in [0.15, 0.2) is 5.76 Å². The van der Waals surface area contributed by atoms with Gasteiger partial charge in [-0.15, -0.1) is 11.8 Å². The van der Waals surface area contributed by atoms with Gasteiger partial charge in [0.25, 0.3) is 5.91 Å². The number of rotatable bonds is 5. The molecule has 8 heteroatoms. The van der Waals surface area contributed by atoms with E-state index in [1.807, 2.05) is 0 Å². The average Bonchev–Trinajstić information content (AvgIpc) is 3.07. The molecule has 0 aliphatic carbocycles. The highest BCUT2D eigenvalue weighted by molar-refractivity contribution is 8.00. The monoisotopic (exact) mass is 312 g/mol. The van der Waals surface area contributed by atoms with Crippen LogP contribution in [-0.2, 0) is 9.59 Å². The molecule has 0 radical (unpaired) electrons. The molecule has 7 nitrogen and oxygen atoms in total. The summed E-state index contributed by atoms with van der Waals surface area (Å²) in [6, 6.07) is 2.33. The summed E-state index contributed by atoms with van der Waals surface area (Å²) in [4.78, 5) is 36.2. The van der Waals surface area contributed by atoms with Gasteiger partial charge >= 0.3 is 5.97 Å². The van der Waals surface area contributed by atoms with Gasteiger partial charge < -0.3 is 19.7 Å². The van der Waals surface area contributed by atoms with Gasteiger partial charge in [-0.3, -0.25) is 9.59 Å². The number of amides is 2. The average molecular weight is 312 g/mol. The summed E-state index contributed by atoms with van der Waals surface area (Å²) >= 11 is 1.43. The van der Waals surface area contributed by atoms with Crippen LogP contribution in [0.1, 0.15) is 23.9 Å². The molecular formula is C13H16N2O5S. The van der Waals surface area contributed by atoms with E-state index < -0.39 is 17.9 Å². The number of carbonyl (C=O) groups is 3. The van der Waals surface area contributed by atoms with Crippen molar-refractivity contribution in [2.45, 2.75) is 24.8 Å². The highest BCUT2D eigenvalue weighted by Crippen LogP contribution is 2.29. The minimum absolute atomic E-state index is 0.0567. The molecule has 2 amide bonds. The summed E-state index contributed by atoms with van der Waals surface area (Å²) in [5.74, 6) is -1.11. The maximum absolute atomic E-state index is 12.1. The minimum atomic E-state index is -1.00. The fourth-order valence-corrected chi connectivity index (χ4v) is 3.31. The molecule has 1 aromatic heterocycles. The molecule has 1 fully saturated rings. The van der Waals surface area contributed by atoms with E-state index in [1.54, 1.807) is 13.0 Å². The van der Waals surface area contributed by atoms with E-state index in [0.29, 0.717) is 5.75 Å². The second-order valence-corrected chi connectivity index (χ2v) is 5.92. The zero-order chi connectivity index (χ0) is 15.4. The first-order valence-corrected chi connectivity index (χ1v) is 7.53. The van der Waals surface area contributed by atoms with Gasteiger partial charge in [0, 0.05) is 18.7 Å². The molecule has 1 aliphatic rings. The number of nitrogens with zero attached hydrogens (tertiary/aromatic N) is 1. The summed E-state index contributed by atoms with van der Waals surface area (Å²) in [5, 5.41) is 11.5. The number of carboxylic acids is 1. The molecule has 1 saturated heterocycles. The van der Waals surface area contributed by atoms with Gasteiger partial charge in [-0.25, -0.2) is 4.79 Å². The Bertz CT molecular complexity index is 531. The molecule has 21 heavy (non-hydrogen) atoms. The van der Waals surface area contributed by atoms with Gasteiger partial charge in [-0.05, 0) is 19.1 Å². The van der Waals surface area contributed by atoms with E-state index in [4.69, 9.17) is 9.52 Å². The minimum Gasteiger partial charge on any atom is -0.480 e. The lowest BCUT2D eigenvalue weighted by molar-refractivity contribution is -0.148. The third-order valence-electron chi connectivity index (χ3n) is 3.17. The number of thioether (sulfide) groups is 1. The van der Waals surface area contributed by atoms with Crippen LogP contribution in [0.25, 0.3) is 0 Å². The summed E-state index contributed by atoms with van der Waals surface area (Å²) in [5.41, 5.74) is 0. The number of nitrogens with one attached hydrogen (secondary N) is 1. The van der Waals surface area contributed by atoms with E-state index >= 15 is 0 Å². The Hall–Kier alpha value is -1.96. The van der Waals surface area contributed by atoms with Gasteiger partial charge in [0.1, 0.15) is 6.04 Å². The summed E-state index contributed by atoms with van der Waals surface area (Å²) in [7, 11) is 0. The Morgan fingerprint density at radius 3 is 2.90 bits per heavy atom. The third kappa shape index (κ3) is 3.57. The van der Waals surface area contributed by atoms with E-state index in [9.17, 15) is 14.4 Å². The van der Waals surface area contributed by atoms with Crippen LogP contribution in [0.4, 0.5) is 0 Å². The molecular weight excluding hydrogens is 296 g/mol. The second kappa shape index (κ2) is 6.66. The summed E-state index contributed by atoms with van der Waals surface area (Å²) in [6.07, 6.45) is 1.45. The number of hydrogen-bond donors (Lipinski definition) is 2. The van der Waals surface area contributed by atoms with Crippen molar-refractivity contribution in [1.82, 2.24) is 10.2 Å². The van der Waals surface area contributed by atoms with Gasteiger partial charge in [-0.2, -0.15) is 0 Å². The standard InChI is InChI=1S/C13H16N2O5S/c1-8-15(9(7-21-8)13(18)19)11(16)4-5-14-12(17)10-3-2-6-20-10/h2-3,6,8-9H,4-5,7H2,1H3,(H,14,17)(H,18,19). The van der Waals surface area contributed by atoms with Gasteiger partial charge in [-0.1, -0.05) is 0 Å². The predicted molar refractivity (Wildman–Crippen MR) is 75.8 cm³/mol. The van der Waals surface area contributed by atoms with Crippen molar-refractivity contribution in [3.63, 3.8) is 0 Å². The van der Waals surface area contributed by atoms with Crippen molar-refractivity contribution in [1.29, 1.82) is 0 Å². The van der Waals surface area contributed by atoms with Gasteiger partial charge in [0.05, 0.1) is 11.6 Å². The van der Waals surface area contributed by atoms with Crippen molar-refractivity contribution in [2.24, 2.45) is 0 Å². The highest BCUT2D eigenvalue weighted by atomic mass is 32.2. The van der Waals surface area contributed by atoms with E-state index in [2.05, 4.69) is 5.32 Å². The highest BCUT2D eigenvalue weighted by Gasteiger charge is 2.38. The lowest BCUT2D eigenvalue weighted by atomic mass is 10.2. The fourth-order valence-electron chi connectivity index (χ4n) is 2.12. The number of carboxylic acid groups (broad SMARTS) is 1. The van der Waals surface area contributed by atoms with Crippen LogP contribution in [0, 0.1) is 0 Å². The van der Waals surface area contributed by atoms with E-state index in [0.717, 1.165) is 0 Å². The maximum atomic E-state index is 12.1. The SMILES string of the molecule is CC1SCC(C(=O)O)N1C(=O)CCNC(=O)c1ccco1. The molecule has 2 unspecified atom stereocenters. The van der Waals surface area contributed by atoms with Gasteiger partial charge in [0.2, 0.25) is 5.91 Å². The van der Waals surface area contributed by atoms with Crippen molar-refractivity contribution >= 4 is 29.5 Å². The van der Waals surface area contributed by atoms with E-state index in [1.165, 1.54) is 29.0 Å². The molecule has 1 aliphatic heterocycles. The quantitative estimate of drug-likeness (QED) is 0.833. The fraction of sp³-hybridized carbons (Fsp3) is 0.462. The number of aliphatic carboxylic acids is 1. The zero-order valence-electron chi connectivity index (χ0n) is 11.4. The predicted octanol–water partition coefficient (Wildman–Crippen LogP) is 0.774. The van der Waals surface area contributed by atoms with Crippen LogP contribution in [-0.4, -0.2) is 51.5 Å². The third-order valence-corrected chi connectivity index (χ3v) is 4.38. The summed E-state index contributed by atoms with van der Waals surface area (Å²) in [6.45, 7) is 1.94. The molecule has 0 saturated carbocycles. The largest absolute Gasteiger partial charge is 0.480 e. The molecule has 1 aromatic rings. The smallest absolute Gasteiger partial charge is 0.327 e. The normalized spacial score (nSPS) is 21.3. The van der Waals surface area contributed by atoms with Crippen LogP contribution < -0.4 is 5.32 Å². The molecule has 2 heterocycles. The Balaban J connectivity index is 1.84. The lowest BCUT2D eigenvalue weighted by Crippen LogP contribution is -2.45. The van der Waals surface area contributed by atoms with Crippen LogP contribution in [0.2, 0.25) is 0 Å². The first kappa shape index (κ1) is 15.4. The Kier molecular flexibility index (Phi) is 4.89. The number of carbonyl (C=O) groups excluding carboxylic acids is 2. The number of furan rings is 1. The summed E-state index contributed by atoms with van der Waals surface area (Å²) < 4.78 is 4.93. The van der Waals surface area contributed by atoms with Crippen LogP contribution in [0.3, 0.4) is 0 Å². The van der Waals surface area contributed by atoms with Crippen molar-refractivity contribution in [3.8, 4) is 0 Å². The van der Waals surface area contributed by atoms with Crippen LogP contribution in [0.15, 0.2) is 22.8 Å². The van der Waals surface area contributed by atoms with Crippen LogP contribution >= 0.6 is 11.8 Å². The zero-order valence-corrected chi connectivity index (χ0v) is 12.3. The molecule has 0 bridgehead atoms. The molecule has 114 valence electrons. The Morgan fingerprint density at radius 2 is 2.29 bits per heavy atom. The molecule has 2 N–H and O–H groups in total. The number of hydrogen-bond acceptors (Lipinski definition) is 5. The maximum Gasteiger partial charge on any atom is 0.327 e. The van der Waals surface area contributed by atoms with E-state index in [-0.39, 0.29) is 30.0 Å². The van der Waals surface area contributed by atoms with Crippen molar-refractivity contribution < 1.29 is 23.9 Å². The van der Waals surface area contributed by atoms with Crippen molar-refractivity contribution in [3.05, 3.63) is 24.2 Å². The Morgan fingerprint density at radius 1 is 1.52 bits per heavy atom. The van der Waals surface area contributed by atoms with Crippen molar-refractivity contribution in [2.75, 3.05) is 12.3 Å². The lowest BCUT2D eigenvalue weighted by Gasteiger charge is -2.25. The first-order valence-electron chi connectivity index (χ1n) is 6.48. The van der Waals surface area contributed by atoms with Crippen LogP contribution in [0.5, 0.6) is 0 Å². The second-order valence-electron chi connectivity index (χ2n) is 4.57. The topological polar surface area (TPSA) is 99.9 Å². The molecule has 2 rings (SSSR count).